The Labute approximate surface area is 202 Å². The molecule has 0 spiro atoms. The van der Waals surface area contributed by atoms with Crippen LogP contribution >= 0.6 is 0 Å². The van der Waals surface area contributed by atoms with E-state index in [4.69, 9.17) is 10.5 Å². The van der Waals surface area contributed by atoms with Gasteiger partial charge in [0.1, 0.15) is 35.0 Å². The van der Waals surface area contributed by atoms with Crippen LogP contribution in [0.2, 0.25) is 0 Å². The van der Waals surface area contributed by atoms with E-state index in [2.05, 4.69) is 9.97 Å². The van der Waals surface area contributed by atoms with E-state index in [1.54, 1.807) is 0 Å². The molecule has 0 saturated heterocycles. The van der Waals surface area contributed by atoms with Gasteiger partial charge in [0.25, 0.3) is 5.91 Å². The zero-order chi connectivity index (χ0) is 26.3. The molecule has 4 rings (SSSR count). The van der Waals surface area contributed by atoms with Crippen molar-refractivity contribution in [2.45, 2.75) is 24.1 Å². The van der Waals surface area contributed by atoms with Gasteiger partial charge in [-0.05, 0) is 49.4 Å². The molecule has 2 aromatic heterocycles. The number of halogens is 4. The number of nitrogens with zero attached hydrogens (tertiary/aromatic N) is 2. The highest BCUT2D eigenvalue weighted by Gasteiger charge is 2.57. The largest absolute Gasteiger partial charge is 0.489 e. The van der Waals surface area contributed by atoms with Crippen molar-refractivity contribution in [2.24, 2.45) is 5.73 Å². The van der Waals surface area contributed by atoms with Crippen LogP contribution in [-0.2, 0) is 15.8 Å². The number of hydrogen-bond acceptors (Lipinski definition) is 6. The summed E-state index contributed by atoms with van der Waals surface area (Å²) >= 11 is 0. The van der Waals surface area contributed by atoms with Gasteiger partial charge in [0.05, 0.1) is 12.2 Å². The molecule has 0 bridgehead atoms. The number of nitrogens with one attached hydrogen (secondary N) is 1. The fourth-order valence-corrected chi connectivity index (χ4v) is 3.73. The van der Waals surface area contributed by atoms with E-state index in [0.717, 1.165) is 18.2 Å². The van der Waals surface area contributed by atoms with Gasteiger partial charge < -0.3 is 20.9 Å². The van der Waals surface area contributed by atoms with E-state index in [1.807, 2.05) is 5.32 Å². The lowest BCUT2D eigenvalue weighted by Crippen LogP contribution is -2.52. The second-order valence-corrected chi connectivity index (χ2v) is 8.48. The first kappa shape index (κ1) is 25.0. The predicted octanol–water partition coefficient (Wildman–Crippen LogP) is 2.60. The molecule has 0 aliphatic carbocycles. The van der Waals surface area contributed by atoms with Gasteiger partial charge in [0, 0.05) is 17.3 Å². The molecule has 2 atom stereocenters. The van der Waals surface area contributed by atoms with Crippen LogP contribution in [0.25, 0.3) is 11.3 Å². The second kappa shape index (κ2) is 8.86. The van der Waals surface area contributed by atoms with Crippen molar-refractivity contribution < 1.29 is 37.0 Å². The molecule has 36 heavy (non-hydrogen) atoms. The van der Waals surface area contributed by atoms with Crippen LogP contribution < -0.4 is 15.8 Å². The lowest BCUT2D eigenvalue weighted by molar-refractivity contribution is -0.265. The SMILES string of the molecule is C[C@]1(C(N)=O)COc2c1cc([C@@](O)(CNC(=O)c1ccccn1)C(F)(F)F)nc2-c1ccc(F)cc1. The van der Waals surface area contributed by atoms with Crippen LogP contribution in [0.4, 0.5) is 17.6 Å². The Morgan fingerprint density at radius 3 is 2.47 bits per heavy atom. The lowest BCUT2D eigenvalue weighted by atomic mass is 9.81. The van der Waals surface area contributed by atoms with Crippen molar-refractivity contribution in [3.63, 3.8) is 0 Å². The Balaban J connectivity index is 1.86. The fraction of sp³-hybridized carbons (Fsp3) is 0.250. The van der Waals surface area contributed by atoms with Crippen molar-refractivity contribution in [1.82, 2.24) is 15.3 Å². The van der Waals surface area contributed by atoms with Gasteiger partial charge in [-0.25, -0.2) is 9.37 Å². The molecule has 1 aliphatic heterocycles. The maximum Gasteiger partial charge on any atom is 0.424 e. The quantitative estimate of drug-likeness (QED) is 0.443. The first-order valence-corrected chi connectivity index (χ1v) is 10.6. The van der Waals surface area contributed by atoms with Crippen molar-refractivity contribution in [2.75, 3.05) is 13.2 Å². The Morgan fingerprint density at radius 1 is 1.19 bits per heavy atom. The average Bonchev–Trinajstić information content (AvgIpc) is 3.20. The maximum absolute atomic E-state index is 14.3. The number of aliphatic hydroxyl groups is 1. The van der Waals surface area contributed by atoms with Crippen LogP contribution in [0.3, 0.4) is 0 Å². The van der Waals surface area contributed by atoms with Gasteiger partial charge in [0.2, 0.25) is 11.5 Å². The zero-order valence-electron chi connectivity index (χ0n) is 18.8. The van der Waals surface area contributed by atoms with Gasteiger partial charge in [-0.15, -0.1) is 0 Å². The molecule has 0 unspecified atom stereocenters. The summed E-state index contributed by atoms with van der Waals surface area (Å²) in [5.41, 5.74) is -0.779. The minimum Gasteiger partial charge on any atom is -0.489 e. The Kier molecular flexibility index (Phi) is 6.17. The summed E-state index contributed by atoms with van der Waals surface area (Å²) in [5.74, 6) is -2.45. The van der Waals surface area contributed by atoms with Gasteiger partial charge in [0.15, 0.2) is 0 Å². The highest BCUT2D eigenvalue weighted by Crippen LogP contribution is 2.47. The molecule has 0 radical (unpaired) electrons. The number of alkyl halides is 3. The number of fused-ring (bicyclic) bond motifs is 1. The summed E-state index contributed by atoms with van der Waals surface area (Å²) in [6, 6.07) is 9.84. The minimum atomic E-state index is -5.31. The van der Waals surface area contributed by atoms with Crippen LogP contribution in [0, 0.1) is 5.82 Å². The van der Waals surface area contributed by atoms with E-state index in [0.29, 0.717) is 0 Å². The number of pyridine rings is 2. The highest BCUT2D eigenvalue weighted by atomic mass is 19.4. The van der Waals surface area contributed by atoms with Crippen LogP contribution in [0.15, 0.2) is 54.7 Å². The summed E-state index contributed by atoms with van der Waals surface area (Å²) < 4.78 is 62.0. The average molecular weight is 504 g/mol. The third-order valence-electron chi connectivity index (χ3n) is 6.03. The number of rotatable bonds is 6. The first-order chi connectivity index (χ1) is 16.9. The number of nitrogens with two attached hydrogens (primary N) is 1. The molecule has 1 aromatic carbocycles. The summed E-state index contributed by atoms with van der Waals surface area (Å²) in [5, 5.41) is 13.0. The number of amides is 2. The molecule has 0 fully saturated rings. The van der Waals surface area contributed by atoms with E-state index >= 15 is 0 Å². The lowest BCUT2D eigenvalue weighted by Gasteiger charge is -2.31. The summed E-state index contributed by atoms with van der Waals surface area (Å²) in [6.45, 7) is -0.207. The molecule has 4 N–H and O–H groups in total. The van der Waals surface area contributed by atoms with Crippen molar-refractivity contribution in [3.05, 3.63) is 77.5 Å². The molecular weight excluding hydrogens is 484 g/mol. The predicted molar refractivity (Wildman–Crippen MR) is 118 cm³/mol. The third kappa shape index (κ3) is 4.24. The van der Waals surface area contributed by atoms with Gasteiger partial charge in [-0.1, -0.05) is 6.07 Å². The molecule has 3 heterocycles. The number of aromatic nitrogens is 2. The standard InChI is InChI=1S/C24H20F4N4O4/c1-22(21(29)34)12-36-19-15(22)10-17(32-18(19)13-5-7-14(25)8-6-13)23(35,24(26,27)28)11-31-20(33)16-4-2-3-9-30-16/h2-10,35H,11-12H2,1H3,(H2,29,34)(H,31,33)/t22-,23-/m0/s1. The van der Waals surface area contributed by atoms with Gasteiger partial charge >= 0.3 is 6.18 Å². The normalized spacial score (nSPS) is 18.6. The number of carbonyl (C=O) groups excluding carboxylic acids is 2. The van der Waals surface area contributed by atoms with Crippen molar-refractivity contribution in [3.8, 4) is 17.0 Å². The van der Waals surface area contributed by atoms with E-state index in [9.17, 15) is 32.3 Å². The summed E-state index contributed by atoms with van der Waals surface area (Å²) in [4.78, 5) is 32.4. The van der Waals surface area contributed by atoms with E-state index < -0.39 is 47.1 Å². The fourth-order valence-electron chi connectivity index (χ4n) is 3.73. The minimum absolute atomic E-state index is 0.0197. The Morgan fingerprint density at radius 2 is 1.89 bits per heavy atom. The summed E-state index contributed by atoms with van der Waals surface area (Å²) in [6.07, 6.45) is -4.03. The number of hydrogen-bond donors (Lipinski definition) is 3. The number of primary amides is 1. The maximum atomic E-state index is 14.3. The zero-order valence-corrected chi connectivity index (χ0v) is 18.8. The number of carbonyl (C=O) groups is 2. The summed E-state index contributed by atoms with van der Waals surface area (Å²) in [7, 11) is 0. The Hall–Kier alpha value is -4.06. The third-order valence-corrected chi connectivity index (χ3v) is 6.03. The van der Waals surface area contributed by atoms with Crippen LogP contribution in [0.1, 0.15) is 28.7 Å². The molecule has 188 valence electrons. The number of benzene rings is 1. The first-order valence-electron chi connectivity index (χ1n) is 10.6. The number of ether oxygens (including phenoxy) is 1. The molecule has 2 amide bonds. The van der Waals surface area contributed by atoms with E-state index in [-0.39, 0.29) is 34.9 Å². The topological polar surface area (TPSA) is 127 Å². The molecule has 0 saturated carbocycles. The Bertz CT molecular complexity index is 1320. The molecule has 1 aliphatic rings. The second-order valence-electron chi connectivity index (χ2n) is 8.48. The smallest absolute Gasteiger partial charge is 0.424 e. The van der Waals surface area contributed by atoms with Gasteiger partial charge in [-0.3, -0.25) is 14.6 Å². The van der Waals surface area contributed by atoms with Gasteiger partial charge in [-0.2, -0.15) is 13.2 Å². The van der Waals surface area contributed by atoms with Crippen LogP contribution in [-0.4, -0.2) is 46.2 Å². The van der Waals surface area contributed by atoms with Crippen molar-refractivity contribution >= 4 is 11.8 Å². The monoisotopic (exact) mass is 504 g/mol. The molecule has 8 nitrogen and oxygen atoms in total. The van der Waals surface area contributed by atoms with Crippen LogP contribution in [0.5, 0.6) is 5.75 Å². The highest BCUT2D eigenvalue weighted by molar-refractivity contribution is 5.92. The molecule has 12 heteroatoms. The molecule has 3 aromatic rings. The van der Waals surface area contributed by atoms with E-state index in [1.165, 1.54) is 43.5 Å². The molecular formula is C24H20F4N4O4. The van der Waals surface area contributed by atoms with Crippen molar-refractivity contribution in [1.29, 1.82) is 0 Å².